The molecule has 0 saturated heterocycles. The van der Waals surface area contributed by atoms with Crippen molar-refractivity contribution in [3.05, 3.63) is 35.9 Å². The van der Waals surface area contributed by atoms with Crippen LogP contribution in [0.5, 0.6) is 0 Å². The summed E-state index contributed by atoms with van der Waals surface area (Å²) >= 11 is 0. The Labute approximate surface area is 329 Å². The molecule has 6 amide bonds. The molecule has 8 unspecified atom stereocenters. The zero-order valence-corrected chi connectivity index (χ0v) is 32.2. The molecule has 0 bridgehead atoms. The molecule has 13 N–H and O–H groups in total. The van der Waals surface area contributed by atoms with E-state index in [1.807, 2.05) is 0 Å². The van der Waals surface area contributed by atoms with E-state index in [0.29, 0.717) is 5.56 Å². The van der Waals surface area contributed by atoms with Crippen LogP contribution in [0.2, 0.25) is 0 Å². The average Bonchev–Trinajstić information content (AvgIpc) is 3.82. The Hall–Kier alpha value is -5.06. The summed E-state index contributed by atoms with van der Waals surface area (Å²) in [5.41, 5.74) is 5.03. The molecule has 0 spiro atoms. The first-order valence-electron chi connectivity index (χ1n) is 18.4. The molecule has 0 radical (unpaired) electrons. The monoisotopic (exact) mass is 808 g/mol. The fourth-order valence-corrected chi connectivity index (χ4v) is 5.69. The van der Waals surface area contributed by atoms with Gasteiger partial charge in [0.1, 0.15) is 41.8 Å². The lowest BCUT2D eigenvalue weighted by molar-refractivity contribution is -0.146. The van der Waals surface area contributed by atoms with Crippen LogP contribution < -0.4 is 37.6 Å². The number of hydrogen-bond acceptors (Lipinski definition) is 14. The van der Waals surface area contributed by atoms with E-state index in [0.717, 1.165) is 11.9 Å². The number of nitrogens with two attached hydrogens (primary N) is 1. The second-order valence-corrected chi connectivity index (χ2v) is 13.8. The highest BCUT2D eigenvalue weighted by atomic mass is 16.4. The smallest absolute Gasteiger partial charge is 0.326 e. The molecular weight excluding hydrogens is 752 g/mol. The van der Waals surface area contributed by atoms with Crippen molar-refractivity contribution in [1.82, 2.24) is 36.8 Å². The highest BCUT2D eigenvalue weighted by Gasteiger charge is 2.55. The van der Waals surface area contributed by atoms with E-state index >= 15 is 0 Å². The van der Waals surface area contributed by atoms with Crippen molar-refractivity contribution in [2.45, 2.75) is 99.8 Å². The third-order valence-corrected chi connectivity index (χ3v) is 9.54. The molecule has 1 aliphatic rings. The number of carbonyl (C=O) groups excluding carboxylic acids is 7. The lowest BCUT2D eigenvalue weighted by Gasteiger charge is -2.31. The molecule has 21 heteroatoms. The Morgan fingerprint density at radius 2 is 1.44 bits per heavy atom. The van der Waals surface area contributed by atoms with E-state index in [-0.39, 0.29) is 57.3 Å². The van der Waals surface area contributed by atoms with E-state index in [4.69, 9.17) is 5.73 Å². The summed E-state index contributed by atoms with van der Waals surface area (Å²) in [6, 6.07) is -0.0193. The predicted molar refractivity (Wildman–Crippen MR) is 200 cm³/mol. The number of aliphatic carboxylic acids is 1. The van der Waals surface area contributed by atoms with E-state index in [1.54, 1.807) is 30.3 Å². The van der Waals surface area contributed by atoms with Gasteiger partial charge in [0.25, 0.3) is 0 Å². The van der Waals surface area contributed by atoms with Crippen molar-refractivity contribution in [1.29, 1.82) is 0 Å². The van der Waals surface area contributed by atoms with Gasteiger partial charge >= 0.3 is 5.97 Å². The summed E-state index contributed by atoms with van der Waals surface area (Å²) < 4.78 is 0. The zero-order valence-electron chi connectivity index (χ0n) is 32.2. The van der Waals surface area contributed by atoms with Gasteiger partial charge in [0.15, 0.2) is 5.78 Å². The Kier molecular flexibility index (Phi) is 19.6. The van der Waals surface area contributed by atoms with Crippen molar-refractivity contribution in [2.75, 3.05) is 40.5 Å². The van der Waals surface area contributed by atoms with Gasteiger partial charge in [-0.05, 0) is 45.2 Å². The topological polar surface area (TPSA) is 339 Å². The molecule has 1 aliphatic carbocycles. The van der Waals surface area contributed by atoms with E-state index in [1.165, 1.54) is 14.0 Å². The van der Waals surface area contributed by atoms with Crippen LogP contribution in [0, 0.1) is 0 Å². The van der Waals surface area contributed by atoms with Gasteiger partial charge in [-0.1, -0.05) is 30.3 Å². The molecular formula is C36H56N8O13. The molecule has 1 aromatic carbocycles. The van der Waals surface area contributed by atoms with Gasteiger partial charge in [0.2, 0.25) is 35.4 Å². The minimum absolute atomic E-state index is 0.0317. The zero-order chi connectivity index (χ0) is 42.9. The lowest BCUT2D eigenvalue weighted by atomic mass is 10.0. The largest absolute Gasteiger partial charge is 0.480 e. The number of hydrogen-bond donors (Lipinski definition) is 12. The molecule has 0 aromatic heterocycles. The van der Waals surface area contributed by atoms with Gasteiger partial charge in [-0.15, -0.1) is 0 Å². The van der Waals surface area contributed by atoms with E-state index < -0.39 is 109 Å². The number of nitrogens with zero attached hydrogens (tertiary/aromatic N) is 1. The van der Waals surface area contributed by atoms with Gasteiger partial charge in [-0.3, -0.25) is 33.6 Å². The van der Waals surface area contributed by atoms with Crippen LogP contribution in [0.4, 0.5) is 0 Å². The van der Waals surface area contributed by atoms with Gasteiger partial charge in [0.05, 0.1) is 25.9 Å². The van der Waals surface area contributed by atoms with Gasteiger partial charge in [-0.25, -0.2) is 4.79 Å². The number of carbonyl (C=O) groups is 8. The van der Waals surface area contributed by atoms with Crippen molar-refractivity contribution >= 4 is 47.2 Å². The fourth-order valence-electron chi connectivity index (χ4n) is 5.69. The first-order valence-corrected chi connectivity index (χ1v) is 18.4. The first kappa shape index (κ1) is 48.1. The van der Waals surface area contributed by atoms with Crippen LogP contribution in [-0.4, -0.2) is 166 Å². The summed E-state index contributed by atoms with van der Waals surface area (Å²) in [5, 5.41) is 63.6. The number of aliphatic hydroxyl groups is 4. The van der Waals surface area contributed by atoms with Gasteiger partial charge in [0, 0.05) is 32.9 Å². The number of likely N-dealkylation sites (N-methyl/N-ethyl adjacent to an activating group) is 2. The Morgan fingerprint density at radius 1 is 0.842 bits per heavy atom. The molecule has 1 fully saturated rings. The quantitative estimate of drug-likeness (QED) is 0.0389. The second-order valence-electron chi connectivity index (χ2n) is 13.8. The summed E-state index contributed by atoms with van der Waals surface area (Å²) in [7, 11) is 2.63. The number of benzene rings is 1. The van der Waals surface area contributed by atoms with Gasteiger partial charge in [-0.2, -0.15) is 0 Å². The van der Waals surface area contributed by atoms with Crippen LogP contribution in [0.1, 0.15) is 51.0 Å². The molecule has 8 atom stereocenters. The van der Waals surface area contributed by atoms with Crippen LogP contribution in [0.25, 0.3) is 0 Å². The van der Waals surface area contributed by atoms with Crippen molar-refractivity contribution in [3.63, 3.8) is 0 Å². The van der Waals surface area contributed by atoms with Crippen LogP contribution in [0.3, 0.4) is 0 Å². The summed E-state index contributed by atoms with van der Waals surface area (Å²) in [6.07, 6.45) is -1.12. The number of nitrogens with one attached hydrogen (secondary N) is 6. The highest BCUT2D eigenvalue weighted by Crippen LogP contribution is 2.35. The van der Waals surface area contributed by atoms with Crippen LogP contribution >= 0.6 is 0 Å². The molecule has 1 saturated carbocycles. The van der Waals surface area contributed by atoms with E-state index in [2.05, 4.69) is 31.9 Å². The summed E-state index contributed by atoms with van der Waals surface area (Å²) in [6.45, 7) is -1.02. The number of unbranched alkanes of at least 4 members (excludes halogenated alkanes) is 1. The maximum absolute atomic E-state index is 13.8. The predicted octanol–water partition coefficient (Wildman–Crippen LogP) is -5.24. The Morgan fingerprint density at radius 3 is 1.96 bits per heavy atom. The minimum atomic E-state index is -1.62. The number of ketones is 1. The third kappa shape index (κ3) is 14.8. The molecule has 318 valence electrons. The molecule has 57 heavy (non-hydrogen) atoms. The van der Waals surface area contributed by atoms with Crippen molar-refractivity contribution in [3.8, 4) is 0 Å². The molecule has 0 aliphatic heterocycles. The highest BCUT2D eigenvalue weighted by molar-refractivity contribution is 6.08. The number of Topliss-reactive ketones (excluding diaryl/α,β-unsaturated/α-hetero) is 1. The molecule has 2 rings (SSSR count). The first-order chi connectivity index (χ1) is 26.9. The summed E-state index contributed by atoms with van der Waals surface area (Å²) in [4.78, 5) is 103. The second kappa shape index (κ2) is 23.2. The number of amides is 6. The Bertz CT molecular complexity index is 1560. The molecule has 21 nitrogen and oxygen atoms in total. The maximum atomic E-state index is 13.8. The van der Waals surface area contributed by atoms with Crippen molar-refractivity contribution < 1.29 is 63.9 Å². The number of carboxylic acid groups (broad SMARTS) is 1. The SMILES string of the molecule is CNC(CO)C(=O)NC1(CCC(=O)NCCCCC(NC(=O)C(CO)NC(=O)C(N)C(C)O)C(=O)N(C)C(CO)C(=O)NC(Cc2ccccc2)C(=O)O)CC1=O. The number of carboxylic acids is 1. The standard InChI is InChI=1S/C36H56N8O13/c1-20(48)29(37)33(54)42-25(18-46)30(51)40-22(11-7-8-14-39-28(50)12-13-36(16-27(36)49)43-31(52)24(17-45)38-2)34(55)44(3)26(19-47)32(53)41-23(35(56)57)15-21-9-5-4-6-10-21/h4-6,9-10,20,22-26,29,38,45-48H,7-8,11-19,37H2,1-3H3,(H,39,50)(H,40,51)(H,41,53)(H,42,54)(H,43,52)(H,56,57). The number of aliphatic hydroxyl groups excluding tert-OH is 4. The van der Waals surface area contributed by atoms with Crippen molar-refractivity contribution in [2.24, 2.45) is 5.73 Å². The van der Waals surface area contributed by atoms with E-state index in [9.17, 15) is 63.9 Å². The molecule has 0 heterocycles. The lowest BCUT2D eigenvalue weighted by Crippen LogP contribution is -2.60. The number of rotatable bonds is 26. The fraction of sp³-hybridized carbons (Fsp3) is 0.611. The van der Waals surface area contributed by atoms with Crippen LogP contribution in [-0.2, 0) is 44.8 Å². The summed E-state index contributed by atoms with van der Waals surface area (Å²) in [5.74, 6) is -6.52. The van der Waals surface area contributed by atoms with Gasteiger partial charge < -0.3 is 68.1 Å². The third-order valence-electron chi connectivity index (χ3n) is 9.54. The maximum Gasteiger partial charge on any atom is 0.326 e. The van der Waals surface area contributed by atoms with Crippen LogP contribution in [0.15, 0.2) is 30.3 Å². The molecule has 1 aromatic rings. The average molecular weight is 809 g/mol. The normalized spacial score (nSPS) is 18.4. The minimum Gasteiger partial charge on any atom is -0.480 e. The Balaban J connectivity index is 2.11.